The highest BCUT2D eigenvalue weighted by molar-refractivity contribution is 5.62. The predicted molar refractivity (Wildman–Crippen MR) is 503 cm³/mol. The first kappa shape index (κ1) is 96.6. The van der Waals surface area contributed by atoms with Gasteiger partial charge in [-0.2, -0.15) is 0 Å². The zero-order chi connectivity index (χ0) is 91.9. The van der Waals surface area contributed by atoms with Crippen LogP contribution in [0.5, 0.6) is 46.0 Å². The number of hydrogen-bond acceptors (Lipinski definition) is 8. The van der Waals surface area contributed by atoms with Crippen molar-refractivity contribution in [2.45, 2.75) is 261 Å². The summed E-state index contributed by atoms with van der Waals surface area (Å²) < 4.78 is 47.6. The summed E-state index contributed by atoms with van der Waals surface area (Å²) in [4.78, 5) is 0. The van der Waals surface area contributed by atoms with Crippen molar-refractivity contribution in [3.05, 3.63) is 375 Å². The minimum absolute atomic E-state index is 0.178. The molecule has 12 aromatic rings. The number of fused-ring (bicyclic) bond motifs is 16. The second kappa shape index (κ2) is 38.5. The van der Waals surface area contributed by atoms with E-state index in [1.165, 1.54) is 48.5 Å². The quantitative estimate of drug-likeness (QED) is 0.0696. The Morgan fingerprint density at radius 1 is 0.153 bits per heavy atom. The van der Waals surface area contributed by atoms with Gasteiger partial charge in [-0.25, -0.2) is 17.6 Å². The molecule has 0 aromatic heterocycles. The third-order valence-corrected chi connectivity index (χ3v) is 23.1. The van der Waals surface area contributed by atoms with Gasteiger partial charge in [-0.3, -0.25) is 0 Å². The molecule has 0 amide bonds. The van der Waals surface area contributed by atoms with Gasteiger partial charge in [0.1, 0.15) is 69.3 Å². The van der Waals surface area contributed by atoms with E-state index in [0.717, 1.165) is 134 Å². The lowest BCUT2D eigenvalue weighted by atomic mass is 9.79. The molecule has 0 atom stereocenters. The third kappa shape index (κ3) is 25.5. The first-order valence-electron chi connectivity index (χ1n) is 43.1. The maximum Gasteiger partial charge on any atom is 0.123 e. The molecule has 0 spiro atoms. The largest absolute Gasteiger partial charge is 0.507 e. The molecule has 14 rings (SSSR count). The highest BCUT2D eigenvalue weighted by Gasteiger charge is 2.32. The van der Waals surface area contributed by atoms with E-state index in [4.69, 9.17) is 0 Å². The fraction of sp³-hybridized carbons (Fsp3) is 0.357. The standard InChI is InChI=1S/2C44H56O4.4C6H5F/c2*1-41(2,3)33-17-25-13-27-19-34(42(4,5)6)21-29(38(27)46)15-31-23-36(44(10,11)12)24-32(40(31)48)16-30-22-35(43(7,8)9)20-28(39(30)47)14-26(18-33)37(25)45;4*7-6-4-2-1-3-5-6/h2*17-24,45-48H,13-16H2,1-12H3;4*1-5H. The molecule has 12 heteroatoms. The lowest BCUT2D eigenvalue weighted by Gasteiger charge is -2.27. The molecule has 0 aliphatic heterocycles. The molecule has 12 aromatic carbocycles. The number of hydrogen-bond donors (Lipinski definition) is 8. The number of phenols is 8. The van der Waals surface area contributed by atoms with Crippen LogP contribution < -0.4 is 0 Å². The van der Waals surface area contributed by atoms with Gasteiger partial charge in [0.25, 0.3) is 0 Å². The summed E-state index contributed by atoms with van der Waals surface area (Å²) in [6.45, 7) is 51.9. The Bertz CT molecular complexity index is 4530. The first-order valence-corrected chi connectivity index (χ1v) is 43.1. The van der Waals surface area contributed by atoms with E-state index in [2.05, 4.69) is 263 Å². The summed E-state index contributed by atoms with van der Waals surface area (Å²) in [7, 11) is 0. The summed E-state index contributed by atoms with van der Waals surface area (Å²) in [6.07, 6.45) is 2.70. The van der Waals surface area contributed by atoms with Crippen molar-refractivity contribution in [1.82, 2.24) is 0 Å². The van der Waals surface area contributed by atoms with Crippen molar-refractivity contribution in [2.24, 2.45) is 0 Å². The Morgan fingerprint density at radius 2 is 0.234 bits per heavy atom. The number of benzene rings is 12. The lowest BCUT2D eigenvalue weighted by molar-refractivity contribution is 0.446. The van der Waals surface area contributed by atoms with Crippen LogP contribution in [0.3, 0.4) is 0 Å². The second-order valence-corrected chi connectivity index (χ2v) is 41.7. The van der Waals surface area contributed by atoms with Gasteiger partial charge in [0.15, 0.2) is 0 Å². The topological polar surface area (TPSA) is 162 Å². The number of rotatable bonds is 0. The van der Waals surface area contributed by atoms with E-state index in [0.29, 0.717) is 51.4 Å². The molecule has 0 saturated heterocycles. The average Bonchev–Trinajstić information content (AvgIpc) is 0.767. The van der Waals surface area contributed by atoms with Crippen LogP contribution in [0.15, 0.2) is 218 Å². The summed E-state index contributed by atoms with van der Waals surface area (Å²) in [5.74, 6) is 0.820. The van der Waals surface area contributed by atoms with Crippen LogP contribution in [0.4, 0.5) is 17.6 Å². The molecule has 2 aliphatic rings. The van der Waals surface area contributed by atoms with Crippen molar-refractivity contribution in [1.29, 1.82) is 0 Å². The normalized spacial score (nSPS) is 13.0. The molecule has 8 nitrogen and oxygen atoms in total. The van der Waals surface area contributed by atoms with Crippen molar-refractivity contribution in [3.63, 3.8) is 0 Å². The van der Waals surface area contributed by atoms with Crippen LogP contribution in [0, 0.1) is 23.3 Å². The molecule has 124 heavy (non-hydrogen) atoms. The summed E-state index contributed by atoms with van der Waals surface area (Å²) >= 11 is 0. The molecule has 0 radical (unpaired) electrons. The Morgan fingerprint density at radius 3 is 0.290 bits per heavy atom. The van der Waals surface area contributed by atoms with Gasteiger partial charge in [0.2, 0.25) is 0 Å². The fourth-order valence-corrected chi connectivity index (χ4v) is 15.0. The minimum Gasteiger partial charge on any atom is -0.507 e. The Kier molecular flexibility index (Phi) is 30.0. The van der Waals surface area contributed by atoms with Gasteiger partial charge >= 0.3 is 0 Å². The first-order chi connectivity index (χ1) is 57.4. The third-order valence-electron chi connectivity index (χ3n) is 23.1. The van der Waals surface area contributed by atoms with Crippen molar-refractivity contribution in [3.8, 4) is 46.0 Å². The van der Waals surface area contributed by atoms with Gasteiger partial charge < -0.3 is 40.9 Å². The van der Waals surface area contributed by atoms with Gasteiger partial charge in [0, 0.05) is 51.4 Å². The number of halogens is 4. The second-order valence-electron chi connectivity index (χ2n) is 41.7. The minimum atomic E-state index is -0.190. The van der Waals surface area contributed by atoms with Crippen LogP contribution in [0.2, 0.25) is 0 Å². The molecule has 0 unspecified atom stereocenters. The van der Waals surface area contributed by atoms with E-state index in [9.17, 15) is 58.4 Å². The Hall–Kier alpha value is -11.2. The van der Waals surface area contributed by atoms with Crippen LogP contribution in [-0.2, 0) is 94.7 Å². The van der Waals surface area contributed by atoms with Crippen LogP contribution in [-0.4, -0.2) is 40.9 Å². The van der Waals surface area contributed by atoms with Gasteiger partial charge in [-0.05, 0) is 225 Å². The maximum atomic E-state index is 11.9. The van der Waals surface area contributed by atoms with Gasteiger partial charge in [0.05, 0.1) is 0 Å². The predicted octanol–water partition coefficient (Wildman–Crippen LogP) is 28.1. The van der Waals surface area contributed by atoms with E-state index in [1.807, 2.05) is 0 Å². The van der Waals surface area contributed by atoms with E-state index in [-0.39, 0.29) is 113 Å². The van der Waals surface area contributed by atoms with Crippen LogP contribution in [0.25, 0.3) is 0 Å². The fourth-order valence-electron chi connectivity index (χ4n) is 15.0. The molecule has 656 valence electrons. The molecular formula is C112H132F4O8. The number of phenolic OH excluding ortho intramolecular Hbond substituents is 8. The van der Waals surface area contributed by atoms with Crippen LogP contribution in [0.1, 0.15) is 300 Å². The van der Waals surface area contributed by atoms with Crippen molar-refractivity contribution in [2.75, 3.05) is 0 Å². The van der Waals surface area contributed by atoms with Crippen LogP contribution >= 0.6 is 0 Å². The summed E-state index contributed by atoms with van der Waals surface area (Å²) in [5, 5.41) is 95.2. The molecule has 0 fully saturated rings. The molecule has 0 saturated carbocycles. The Labute approximate surface area is 736 Å². The SMILES string of the molecule is CC(C)(C)c1cc2c(O)c(c1)Cc1cc(C(C)(C)C)cc(c1O)Cc1cc(C(C)(C)C)cc(c1O)Cc1cc(C(C)(C)C)cc(c1O)C2.CC(C)(C)c1cc2c(O)c(c1)Cc1cc(C(C)(C)C)cc(c1O)Cc1cc(C(C)(C)C)cc(c1O)Cc1cc(C(C)(C)C)cc(c1O)C2.Fc1ccccc1.Fc1ccccc1.Fc1ccccc1.Fc1ccccc1. The highest BCUT2D eigenvalue weighted by Crippen LogP contribution is 2.47. The molecular weight excluding hydrogens is 1550 g/mol. The van der Waals surface area contributed by atoms with E-state index in [1.54, 1.807) is 72.8 Å². The molecule has 8 N–H and O–H groups in total. The van der Waals surface area contributed by atoms with E-state index >= 15 is 0 Å². The highest BCUT2D eigenvalue weighted by atomic mass is 19.1. The smallest absolute Gasteiger partial charge is 0.123 e. The zero-order valence-corrected chi connectivity index (χ0v) is 77.5. The van der Waals surface area contributed by atoms with Crippen molar-refractivity contribution < 1.29 is 58.4 Å². The maximum absolute atomic E-state index is 11.9. The average molecular weight is 1680 g/mol. The van der Waals surface area contributed by atoms with Gasteiger partial charge in [-0.15, -0.1) is 0 Å². The van der Waals surface area contributed by atoms with Gasteiger partial charge in [-0.1, -0.05) is 336 Å². The lowest BCUT2D eigenvalue weighted by Crippen LogP contribution is -2.15. The molecule has 2 aliphatic carbocycles. The Balaban J connectivity index is 0.000000212. The summed E-state index contributed by atoms with van der Waals surface area (Å²) in [5.41, 5.74) is 19.0. The van der Waals surface area contributed by atoms with Crippen molar-refractivity contribution >= 4 is 0 Å². The van der Waals surface area contributed by atoms with E-state index < -0.39 is 0 Å². The monoisotopic (exact) mass is 1680 g/mol. The molecule has 0 heterocycles. The zero-order valence-electron chi connectivity index (χ0n) is 77.5. The summed E-state index contributed by atoms with van der Waals surface area (Å²) in [6, 6.07) is 64.7. The molecule has 16 bridgehead atoms. The number of aromatic hydroxyl groups is 8.